The SMILES string of the molecule is COC1(OC)[C@@]2(Cl)C(Cl)=C(Cl)[C@]1(Cl)[C@@H]1C(=O)N(c3ccc([N+](=O)[O-])cc3)C(=O)[C@@H]12. The van der Waals surface area contributed by atoms with Crippen LogP contribution in [0.5, 0.6) is 0 Å². The fourth-order valence-corrected chi connectivity index (χ4v) is 6.84. The van der Waals surface area contributed by atoms with E-state index in [0.717, 1.165) is 4.90 Å². The van der Waals surface area contributed by atoms with E-state index in [1.807, 2.05) is 0 Å². The molecule has 4 atom stereocenters. The molecule has 29 heavy (non-hydrogen) atoms. The number of anilines is 1. The van der Waals surface area contributed by atoms with Crippen LogP contribution in [0.1, 0.15) is 0 Å². The first-order valence-corrected chi connectivity index (χ1v) is 9.72. The van der Waals surface area contributed by atoms with E-state index >= 15 is 0 Å². The second-order valence-electron chi connectivity index (χ2n) is 6.82. The first-order chi connectivity index (χ1) is 13.5. The summed E-state index contributed by atoms with van der Waals surface area (Å²) in [4.78, 5) is 34.1. The molecule has 1 aromatic rings. The van der Waals surface area contributed by atoms with Gasteiger partial charge in [0, 0.05) is 26.4 Å². The van der Waals surface area contributed by atoms with Crippen molar-refractivity contribution in [2.75, 3.05) is 19.1 Å². The molecule has 154 valence electrons. The molecule has 2 aliphatic carbocycles. The summed E-state index contributed by atoms with van der Waals surface area (Å²) < 4.78 is 11.0. The van der Waals surface area contributed by atoms with Crippen molar-refractivity contribution in [2.24, 2.45) is 11.8 Å². The molecule has 4 rings (SSSR count). The number of hydrogen-bond acceptors (Lipinski definition) is 6. The quantitative estimate of drug-likeness (QED) is 0.215. The van der Waals surface area contributed by atoms with Crippen LogP contribution in [0, 0.1) is 22.0 Å². The molecular weight excluding hydrogens is 470 g/mol. The maximum absolute atomic E-state index is 13.3. The number of halogens is 4. The Bertz CT molecular complexity index is 948. The van der Waals surface area contributed by atoms with E-state index in [9.17, 15) is 19.7 Å². The van der Waals surface area contributed by atoms with Gasteiger partial charge < -0.3 is 9.47 Å². The number of methoxy groups -OCH3 is 2. The number of alkyl halides is 2. The third kappa shape index (κ3) is 2.05. The van der Waals surface area contributed by atoms with Crippen LogP contribution in [-0.4, -0.2) is 46.5 Å². The van der Waals surface area contributed by atoms with Gasteiger partial charge in [-0.3, -0.25) is 19.7 Å². The third-order valence-corrected chi connectivity index (χ3v) is 8.46. The van der Waals surface area contributed by atoms with Crippen LogP contribution in [0.25, 0.3) is 0 Å². The highest BCUT2D eigenvalue weighted by Crippen LogP contribution is 2.75. The fraction of sp³-hybridized carbons (Fsp3) is 0.412. The maximum Gasteiger partial charge on any atom is 0.269 e. The molecule has 1 saturated carbocycles. The van der Waals surface area contributed by atoms with Crippen LogP contribution in [0.2, 0.25) is 0 Å². The van der Waals surface area contributed by atoms with Crippen molar-refractivity contribution in [3.05, 3.63) is 44.4 Å². The first-order valence-electron chi connectivity index (χ1n) is 8.21. The molecule has 0 radical (unpaired) electrons. The number of nitro groups is 1. The Morgan fingerprint density at radius 3 is 1.72 bits per heavy atom. The molecule has 2 fully saturated rings. The second kappa shape index (κ2) is 6.29. The molecule has 3 aliphatic rings. The van der Waals surface area contributed by atoms with Crippen LogP contribution in [0.4, 0.5) is 11.4 Å². The number of imide groups is 1. The molecular formula is C17H12Cl4N2O6. The Labute approximate surface area is 184 Å². The summed E-state index contributed by atoms with van der Waals surface area (Å²) >= 11 is 26.4. The lowest BCUT2D eigenvalue weighted by molar-refractivity contribution is -0.384. The third-order valence-electron chi connectivity index (χ3n) is 5.85. The van der Waals surface area contributed by atoms with Crippen LogP contribution in [0.3, 0.4) is 0 Å². The molecule has 0 aromatic heterocycles. The zero-order valence-corrected chi connectivity index (χ0v) is 17.8. The number of amides is 2. The van der Waals surface area contributed by atoms with Crippen LogP contribution in [0.15, 0.2) is 34.3 Å². The van der Waals surface area contributed by atoms with Crippen molar-refractivity contribution in [1.82, 2.24) is 0 Å². The Morgan fingerprint density at radius 1 is 0.966 bits per heavy atom. The summed E-state index contributed by atoms with van der Waals surface area (Å²) in [5.41, 5.74) is -0.0612. The highest BCUT2D eigenvalue weighted by atomic mass is 35.5. The monoisotopic (exact) mass is 480 g/mol. The average Bonchev–Trinajstić information content (AvgIpc) is 3.12. The van der Waals surface area contributed by atoms with E-state index in [1.54, 1.807) is 0 Å². The lowest BCUT2D eigenvalue weighted by atomic mass is 9.84. The van der Waals surface area contributed by atoms with Crippen molar-refractivity contribution in [3.8, 4) is 0 Å². The minimum absolute atomic E-state index is 0.132. The first kappa shape index (κ1) is 20.8. The standard InChI is InChI=1S/C17H12Cl4N2O6/c1-28-17(29-2)15(20)9-10(16(17,21)12(19)11(15)18)14(25)22(13(9)24)7-3-5-8(6-4-7)23(26)27/h3-6,9-10H,1-2H3/t9-,10+,15+,16-. The molecule has 2 bridgehead atoms. The number of ether oxygens (including phenoxy) is 2. The molecule has 1 heterocycles. The van der Waals surface area contributed by atoms with Gasteiger partial charge in [0.15, 0.2) is 0 Å². The Balaban J connectivity index is 1.87. The largest absolute Gasteiger partial charge is 0.350 e. The number of carbonyl (C=O) groups is 2. The number of rotatable bonds is 4. The summed E-state index contributed by atoms with van der Waals surface area (Å²) in [5, 5.41) is 10.6. The minimum atomic E-state index is -1.86. The Morgan fingerprint density at radius 2 is 1.38 bits per heavy atom. The van der Waals surface area contributed by atoms with Crippen LogP contribution < -0.4 is 4.90 Å². The lowest BCUT2D eigenvalue weighted by Gasteiger charge is -2.42. The van der Waals surface area contributed by atoms with Gasteiger partial charge in [-0.15, -0.1) is 23.2 Å². The number of benzene rings is 1. The van der Waals surface area contributed by atoms with E-state index in [1.165, 1.54) is 38.5 Å². The summed E-state index contributed by atoms with van der Waals surface area (Å²) in [6, 6.07) is 4.93. The number of carbonyl (C=O) groups excluding carboxylic acids is 2. The normalized spacial score (nSPS) is 34.9. The number of fused-ring (bicyclic) bond motifs is 5. The van der Waals surface area contributed by atoms with Gasteiger partial charge in [0.25, 0.3) is 5.69 Å². The van der Waals surface area contributed by atoms with Gasteiger partial charge in [0.05, 0.1) is 32.5 Å². The van der Waals surface area contributed by atoms with Crippen LogP contribution in [-0.2, 0) is 19.1 Å². The molecule has 0 unspecified atom stereocenters. The van der Waals surface area contributed by atoms with E-state index < -0.39 is 44.1 Å². The van der Waals surface area contributed by atoms with Crippen molar-refractivity contribution >= 4 is 69.6 Å². The van der Waals surface area contributed by atoms with Gasteiger partial charge in [-0.1, -0.05) is 23.2 Å². The Hall–Kier alpha value is -1.42. The fourth-order valence-electron chi connectivity index (χ4n) is 4.68. The molecule has 0 N–H and O–H groups in total. The molecule has 0 spiro atoms. The molecule has 1 aliphatic heterocycles. The summed E-state index contributed by atoms with van der Waals surface area (Å²) in [6.45, 7) is 0. The lowest BCUT2D eigenvalue weighted by Crippen LogP contribution is -2.60. The minimum Gasteiger partial charge on any atom is -0.350 e. The van der Waals surface area contributed by atoms with Crippen molar-refractivity contribution in [3.63, 3.8) is 0 Å². The Kier molecular flexibility index (Phi) is 4.52. The van der Waals surface area contributed by atoms with Crippen molar-refractivity contribution in [1.29, 1.82) is 0 Å². The molecule has 1 saturated heterocycles. The highest BCUT2D eigenvalue weighted by molar-refractivity contribution is 6.54. The van der Waals surface area contributed by atoms with Gasteiger partial charge >= 0.3 is 0 Å². The smallest absolute Gasteiger partial charge is 0.269 e. The molecule has 12 heteroatoms. The number of non-ortho nitro benzene ring substituents is 1. The number of nitro benzene ring substituents is 1. The number of nitrogens with zero attached hydrogens (tertiary/aromatic N) is 2. The van der Waals surface area contributed by atoms with Gasteiger partial charge in [-0.2, -0.15) is 0 Å². The summed E-state index contributed by atoms with van der Waals surface area (Å²) in [5.74, 6) is -5.68. The second-order valence-corrected chi connectivity index (χ2v) is 8.77. The summed E-state index contributed by atoms with van der Waals surface area (Å²) in [7, 11) is 2.53. The van der Waals surface area contributed by atoms with Gasteiger partial charge in [-0.05, 0) is 12.1 Å². The van der Waals surface area contributed by atoms with Crippen molar-refractivity contribution in [2.45, 2.75) is 15.5 Å². The van der Waals surface area contributed by atoms with Gasteiger partial charge in [0.2, 0.25) is 17.6 Å². The highest BCUT2D eigenvalue weighted by Gasteiger charge is 2.89. The van der Waals surface area contributed by atoms with Crippen molar-refractivity contribution < 1.29 is 24.0 Å². The van der Waals surface area contributed by atoms with Gasteiger partial charge in [0.1, 0.15) is 9.75 Å². The average molecular weight is 482 g/mol. The predicted molar refractivity (Wildman–Crippen MR) is 105 cm³/mol. The topological polar surface area (TPSA) is 99.0 Å². The molecule has 8 nitrogen and oxygen atoms in total. The van der Waals surface area contributed by atoms with Crippen LogP contribution >= 0.6 is 46.4 Å². The van der Waals surface area contributed by atoms with E-state index in [0.29, 0.717) is 0 Å². The zero-order chi connectivity index (χ0) is 21.5. The summed E-state index contributed by atoms with van der Waals surface area (Å²) in [6.07, 6.45) is 0. The van der Waals surface area contributed by atoms with E-state index in [2.05, 4.69) is 0 Å². The molecule has 1 aromatic carbocycles. The maximum atomic E-state index is 13.3. The number of hydrogen-bond donors (Lipinski definition) is 0. The molecule has 2 amide bonds. The van der Waals surface area contributed by atoms with E-state index in [4.69, 9.17) is 55.9 Å². The zero-order valence-electron chi connectivity index (χ0n) is 14.8. The van der Waals surface area contributed by atoms with E-state index in [-0.39, 0.29) is 21.4 Å². The van der Waals surface area contributed by atoms with Gasteiger partial charge in [-0.25, -0.2) is 4.90 Å². The predicted octanol–water partition coefficient (Wildman–Crippen LogP) is 3.36.